The van der Waals surface area contributed by atoms with Gasteiger partial charge in [0.15, 0.2) is 0 Å². The molecular formula is C14H24N2O4. The molecule has 2 unspecified atom stereocenters. The van der Waals surface area contributed by atoms with Crippen molar-refractivity contribution in [1.82, 2.24) is 10.2 Å². The lowest BCUT2D eigenvalue weighted by molar-refractivity contribution is -0.143. The highest BCUT2D eigenvalue weighted by Crippen LogP contribution is 2.09. The molecule has 1 fully saturated rings. The van der Waals surface area contributed by atoms with Crippen LogP contribution in [0.15, 0.2) is 0 Å². The standard InChI is InChI=1S/C14H24N2O4/c1-3-10(2)13(14(19)20)15-12(18)6-9-16-7-4-11(17)5-8-16/h10,13H,3-9H2,1-2H3,(H,15,18)(H,19,20). The van der Waals surface area contributed by atoms with Gasteiger partial charge in [0.05, 0.1) is 0 Å². The lowest BCUT2D eigenvalue weighted by Crippen LogP contribution is -2.46. The second-order valence-corrected chi connectivity index (χ2v) is 5.40. The van der Waals surface area contributed by atoms with Gasteiger partial charge in [-0.05, 0) is 5.92 Å². The number of Topliss-reactive ketones (excluding diaryl/α,β-unsaturated/α-hetero) is 1. The van der Waals surface area contributed by atoms with Crippen LogP contribution >= 0.6 is 0 Å². The number of carboxylic acid groups (broad SMARTS) is 1. The number of carbonyl (C=O) groups excluding carboxylic acids is 2. The van der Waals surface area contributed by atoms with Gasteiger partial charge in [0, 0.05) is 38.9 Å². The number of hydrogen-bond acceptors (Lipinski definition) is 4. The first kappa shape index (κ1) is 16.6. The molecule has 0 radical (unpaired) electrons. The van der Waals surface area contributed by atoms with Crippen LogP contribution in [0.2, 0.25) is 0 Å². The van der Waals surface area contributed by atoms with Crippen molar-refractivity contribution in [2.24, 2.45) is 5.92 Å². The van der Waals surface area contributed by atoms with Crippen molar-refractivity contribution in [1.29, 1.82) is 0 Å². The average molecular weight is 284 g/mol. The number of ketones is 1. The Morgan fingerprint density at radius 1 is 1.35 bits per heavy atom. The van der Waals surface area contributed by atoms with E-state index in [1.165, 1.54) is 0 Å². The van der Waals surface area contributed by atoms with E-state index in [2.05, 4.69) is 10.2 Å². The zero-order valence-corrected chi connectivity index (χ0v) is 12.2. The summed E-state index contributed by atoms with van der Waals surface area (Å²) >= 11 is 0. The third-order valence-electron chi connectivity index (χ3n) is 3.86. The maximum atomic E-state index is 11.8. The van der Waals surface area contributed by atoms with Crippen molar-refractivity contribution in [3.05, 3.63) is 0 Å². The Kier molecular flexibility index (Phi) is 6.64. The number of nitrogens with zero attached hydrogens (tertiary/aromatic N) is 1. The highest BCUT2D eigenvalue weighted by molar-refractivity contribution is 5.83. The van der Waals surface area contributed by atoms with E-state index in [9.17, 15) is 14.4 Å². The zero-order chi connectivity index (χ0) is 15.1. The quantitative estimate of drug-likeness (QED) is 0.717. The molecule has 0 aromatic carbocycles. The third-order valence-corrected chi connectivity index (χ3v) is 3.86. The van der Waals surface area contributed by atoms with Crippen LogP contribution < -0.4 is 5.32 Å². The molecule has 1 rings (SSSR count). The van der Waals surface area contributed by atoms with Crippen LogP contribution in [0.3, 0.4) is 0 Å². The van der Waals surface area contributed by atoms with Gasteiger partial charge in [-0.2, -0.15) is 0 Å². The van der Waals surface area contributed by atoms with Crippen LogP contribution in [0, 0.1) is 5.92 Å². The number of hydrogen-bond donors (Lipinski definition) is 2. The number of amides is 1. The first-order valence-electron chi connectivity index (χ1n) is 7.20. The van der Waals surface area contributed by atoms with Crippen LogP contribution in [0.25, 0.3) is 0 Å². The molecule has 114 valence electrons. The lowest BCUT2D eigenvalue weighted by atomic mass is 9.99. The fourth-order valence-electron chi connectivity index (χ4n) is 2.21. The molecule has 1 saturated heterocycles. The second-order valence-electron chi connectivity index (χ2n) is 5.40. The Morgan fingerprint density at radius 3 is 2.45 bits per heavy atom. The van der Waals surface area contributed by atoms with Gasteiger partial charge in [0.25, 0.3) is 0 Å². The molecule has 0 saturated carbocycles. The van der Waals surface area contributed by atoms with E-state index >= 15 is 0 Å². The molecular weight excluding hydrogens is 260 g/mol. The minimum absolute atomic E-state index is 0.0935. The fourth-order valence-corrected chi connectivity index (χ4v) is 2.21. The number of aliphatic carboxylic acids is 1. The van der Waals surface area contributed by atoms with E-state index in [1.54, 1.807) is 0 Å². The average Bonchev–Trinajstić information content (AvgIpc) is 2.43. The molecule has 0 bridgehead atoms. The molecule has 6 heteroatoms. The SMILES string of the molecule is CCC(C)C(NC(=O)CCN1CCC(=O)CC1)C(=O)O. The summed E-state index contributed by atoms with van der Waals surface area (Å²) in [6.07, 6.45) is 2.07. The molecule has 0 spiro atoms. The van der Waals surface area contributed by atoms with Crippen LogP contribution in [0.5, 0.6) is 0 Å². The normalized spacial score (nSPS) is 19.4. The van der Waals surface area contributed by atoms with Crippen molar-refractivity contribution in [3.8, 4) is 0 Å². The van der Waals surface area contributed by atoms with Gasteiger partial charge >= 0.3 is 5.97 Å². The number of carbonyl (C=O) groups is 3. The highest BCUT2D eigenvalue weighted by atomic mass is 16.4. The smallest absolute Gasteiger partial charge is 0.326 e. The van der Waals surface area contributed by atoms with Crippen LogP contribution in [0.1, 0.15) is 39.5 Å². The summed E-state index contributed by atoms with van der Waals surface area (Å²) in [5.41, 5.74) is 0. The number of likely N-dealkylation sites (tertiary alicyclic amines) is 1. The summed E-state index contributed by atoms with van der Waals surface area (Å²) < 4.78 is 0. The molecule has 2 N–H and O–H groups in total. The molecule has 1 aliphatic heterocycles. The molecule has 1 heterocycles. The topological polar surface area (TPSA) is 86.7 Å². The first-order valence-corrected chi connectivity index (χ1v) is 7.20. The van der Waals surface area contributed by atoms with E-state index in [0.29, 0.717) is 38.9 Å². The summed E-state index contributed by atoms with van der Waals surface area (Å²) in [6, 6.07) is -0.824. The predicted molar refractivity (Wildman–Crippen MR) is 74.3 cm³/mol. The zero-order valence-electron chi connectivity index (χ0n) is 12.2. The molecule has 0 aromatic rings. The molecule has 0 aromatic heterocycles. The van der Waals surface area contributed by atoms with Gasteiger partial charge in [0.2, 0.25) is 5.91 Å². The summed E-state index contributed by atoms with van der Waals surface area (Å²) in [6.45, 7) is 5.68. The van der Waals surface area contributed by atoms with Gasteiger partial charge < -0.3 is 15.3 Å². The molecule has 6 nitrogen and oxygen atoms in total. The van der Waals surface area contributed by atoms with E-state index in [4.69, 9.17) is 5.11 Å². The van der Waals surface area contributed by atoms with Crippen molar-refractivity contribution in [2.75, 3.05) is 19.6 Å². The van der Waals surface area contributed by atoms with Crippen LogP contribution in [-0.4, -0.2) is 53.3 Å². The fraction of sp³-hybridized carbons (Fsp3) is 0.786. The highest BCUT2D eigenvalue weighted by Gasteiger charge is 2.25. The van der Waals surface area contributed by atoms with Crippen molar-refractivity contribution < 1.29 is 19.5 Å². The second kappa shape index (κ2) is 7.99. The minimum atomic E-state index is -0.990. The summed E-state index contributed by atoms with van der Waals surface area (Å²) in [7, 11) is 0. The molecule has 0 aliphatic carbocycles. The Balaban J connectivity index is 2.34. The van der Waals surface area contributed by atoms with E-state index in [0.717, 1.165) is 0 Å². The molecule has 1 aliphatic rings. The summed E-state index contributed by atoms with van der Waals surface area (Å²) in [5, 5.41) is 11.7. The molecule has 1 amide bonds. The van der Waals surface area contributed by atoms with Crippen molar-refractivity contribution >= 4 is 17.7 Å². The Bertz CT molecular complexity index is 360. The third kappa shape index (κ3) is 5.28. The minimum Gasteiger partial charge on any atom is -0.480 e. The number of carboxylic acids is 1. The van der Waals surface area contributed by atoms with Gasteiger partial charge in [-0.15, -0.1) is 0 Å². The van der Waals surface area contributed by atoms with E-state index in [-0.39, 0.29) is 24.0 Å². The van der Waals surface area contributed by atoms with Crippen molar-refractivity contribution in [2.45, 2.75) is 45.6 Å². The lowest BCUT2D eigenvalue weighted by Gasteiger charge is -2.26. The van der Waals surface area contributed by atoms with Crippen molar-refractivity contribution in [3.63, 3.8) is 0 Å². The summed E-state index contributed by atoms with van der Waals surface area (Å²) in [5.74, 6) is -1.05. The van der Waals surface area contributed by atoms with Crippen LogP contribution in [0.4, 0.5) is 0 Å². The maximum absolute atomic E-state index is 11.8. The molecule has 2 atom stereocenters. The van der Waals surface area contributed by atoms with Gasteiger partial charge in [0.1, 0.15) is 11.8 Å². The van der Waals surface area contributed by atoms with Gasteiger partial charge in [-0.3, -0.25) is 9.59 Å². The number of nitrogens with one attached hydrogen (secondary N) is 1. The van der Waals surface area contributed by atoms with Gasteiger partial charge in [-0.25, -0.2) is 4.79 Å². The Hall–Kier alpha value is -1.43. The Morgan fingerprint density at radius 2 is 1.95 bits per heavy atom. The largest absolute Gasteiger partial charge is 0.480 e. The van der Waals surface area contributed by atoms with Gasteiger partial charge in [-0.1, -0.05) is 20.3 Å². The number of piperidine rings is 1. The number of rotatable bonds is 7. The Labute approximate surface area is 119 Å². The van der Waals surface area contributed by atoms with Crippen LogP contribution in [-0.2, 0) is 14.4 Å². The van der Waals surface area contributed by atoms with E-state index in [1.807, 2.05) is 13.8 Å². The predicted octanol–water partition coefficient (Wildman–Crippen LogP) is 0.657. The first-order chi connectivity index (χ1) is 9.43. The molecule has 20 heavy (non-hydrogen) atoms. The maximum Gasteiger partial charge on any atom is 0.326 e. The summed E-state index contributed by atoms with van der Waals surface area (Å²) in [4.78, 5) is 36.1. The monoisotopic (exact) mass is 284 g/mol. The van der Waals surface area contributed by atoms with E-state index < -0.39 is 12.0 Å².